The standard InChI is InChI=1S/C26H28N4O3/c1-5-30-25-24(17(3)29-30)22(19-10-8-7-9-11-19)16-23(28-25)33-18(4)26(31)27-20-12-14-21(15-13-20)32-6-2/h7-16,18H,5-6H2,1-4H3,(H,27,31). The predicted molar refractivity (Wildman–Crippen MR) is 130 cm³/mol. The van der Waals surface area contributed by atoms with Gasteiger partial charge < -0.3 is 14.8 Å². The van der Waals surface area contributed by atoms with Crippen LogP contribution in [-0.2, 0) is 11.3 Å². The van der Waals surface area contributed by atoms with Crippen molar-refractivity contribution in [2.45, 2.75) is 40.3 Å². The molecule has 2 aromatic heterocycles. The molecule has 2 heterocycles. The predicted octanol–water partition coefficient (Wildman–Crippen LogP) is 5.23. The smallest absolute Gasteiger partial charge is 0.265 e. The van der Waals surface area contributed by atoms with E-state index < -0.39 is 6.10 Å². The maximum absolute atomic E-state index is 12.8. The lowest BCUT2D eigenvalue weighted by atomic mass is 10.0. The normalized spacial score (nSPS) is 11.9. The van der Waals surface area contributed by atoms with Crippen LogP contribution < -0.4 is 14.8 Å². The Hall–Kier alpha value is -3.87. The Morgan fingerprint density at radius 1 is 1.09 bits per heavy atom. The monoisotopic (exact) mass is 444 g/mol. The van der Waals surface area contributed by atoms with E-state index in [-0.39, 0.29) is 5.91 Å². The largest absolute Gasteiger partial charge is 0.494 e. The van der Waals surface area contributed by atoms with Crippen LogP contribution in [0.5, 0.6) is 11.6 Å². The van der Waals surface area contributed by atoms with Gasteiger partial charge in [0.25, 0.3) is 5.91 Å². The number of rotatable bonds is 8. The fourth-order valence-electron chi connectivity index (χ4n) is 3.74. The van der Waals surface area contributed by atoms with Gasteiger partial charge in [0.2, 0.25) is 5.88 Å². The minimum absolute atomic E-state index is 0.262. The van der Waals surface area contributed by atoms with Gasteiger partial charge in [-0.05, 0) is 63.1 Å². The first-order valence-electron chi connectivity index (χ1n) is 11.1. The Morgan fingerprint density at radius 2 is 1.82 bits per heavy atom. The first-order valence-corrected chi connectivity index (χ1v) is 11.1. The van der Waals surface area contributed by atoms with Crippen molar-refractivity contribution in [2.24, 2.45) is 0 Å². The summed E-state index contributed by atoms with van der Waals surface area (Å²) in [5.74, 6) is 0.876. The highest BCUT2D eigenvalue weighted by molar-refractivity contribution is 5.96. The van der Waals surface area contributed by atoms with Gasteiger partial charge in [-0.1, -0.05) is 30.3 Å². The maximum Gasteiger partial charge on any atom is 0.265 e. The van der Waals surface area contributed by atoms with Crippen molar-refractivity contribution in [3.63, 3.8) is 0 Å². The minimum atomic E-state index is -0.746. The third kappa shape index (κ3) is 4.82. The average molecular weight is 445 g/mol. The van der Waals surface area contributed by atoms with Gasteiger partial charge in [0, 0.05) is 18.3 Å². The Labute approximate surface area is 193 Å². The lowest BCUT2D eigenvalue weighted by molar-refractivity contribution is -0.122. The van der Waals surface area contributed by atoms with E-state index in [4.69, 9.17) is 14.5 Å². The van der Waals surface area contributed by atoms with Crippen LogP contribution in [0.3, 0.4) is 0 Å². The van der Waals surface area contributed by atoms with Gasteiger partial charge in [-0.2, -0.15) is 10.1 Å². The van der Waals surface area contributed by atoms with Gasteiger partial charge in [-0.15, -0.1) is 0 Å². The topological polar surface area (TPSA) is 78.3 Å². The summed E-state index contributed by atoms with van der Waals surface area (Å²) in [7, 11) is 0. The van der Waals surface area contributed by atoms with Gasteiger partial charge in [-0.25, -0.2) is 4.68 Å². The molecule has 0 spiro atoms. The summed E-state index contributed by atoms with van der Waals surface area (Å²) in [6.07, 6.45) is -0.746. The number of pyridine rings is 1. The van der Waals surface area contributed by atoms with Crippen LogP contribution in [-0.4, -0.2) is 33.4 Å². The number of benzene rings is 2. The number of carbonyl (C=O) groups is 1. The number of anilines is 1. The Balaban J connectivity index is 1.60. The zero-order valence-electron chi connectivity index (χ0n) is 19.3. The zero-order valence-corrected chi connectivity index (χ0v) is 19.3. The molecule has 170 valence electrons. The molecule has 0 fully saturated rings. The second kappa shape index (κ2) is 9.73. The van der Waals surface area contributed by atoms with Gasteiger partial charge in [0.05, 0.1) is 17.7 Å². The van der Waals surface area contributed by atoms with Crippen LogP contribution in [0.1, 0.15) is 26.5 Å². The lowest BCUT2D eigenvalue weighted by Gasteiger charge is -2.16. The number of nitrogens with one attached hydrogen (secondary N) is 1. The molecular weight excluding hydrogens is 416 g/mol. The molecule has 7 nitrogen and oxygen atoms in total. The average Bonchev–Trinajstić information content (AvgIpc) is 3.16. The first kappa shape index (κ1) is 22.3. The first-order chi connectivity index (χ1) is 16.0. The molecule has 4 rings (SSSR count). The summed E-state index contributed by atoms with van der Waals surface area (Å²) in [5, 5.41) is 8.50. The van der Waals surface area contributed by atoms with Gasteiger partial charge in [0.1, 0.15) is 5.75 Å². The van der Waals surface area contributed by atoms with Crippen LogP contribution in [0.4, 0.5) is 5.69 Å². The summed E-state index contributed by atoms with van der Waals surface area (Å²) < 4.78 is 13.3. The molecule has 33 heavy (non-hydrogen) atoms. The number of nitrogens with zero attached hydrogens (tertiary/aromatic N) is 3. The number of aromatic nitrogens is 3. The number of aryl methyl sites for hydroxylation is 2. The molecule has 1 atom stereocenters. The Bertz CT molecular complexity index is 1250. The van der Waals surface area contributed by atoms with Crippen molar-refractivity contribution in [1.29, 1.82) is 0 Å². The fourth-order valence-corrected chi connectivity index (χ4v) is 3.74. The molecule has 4 aromatic rings. The minimum Gasteiger partial charge on any atom is -0.494 e. The van der Waals surface area contributed by atoms with E-state index in [0.717, 1.165) is 33.6 Å². The highest BCUT2D eigenvalue weighted by Gasteiger charge is 2.20. The van der Waals surface area contributed by atoms with E-state index in [2.05, 4.69) is 10.4 Å². The molecule has 0 saturated carbocycles. The second-order valence-corrected chi connectivity index (χ2v) is 7.68. The van der Waals surface area contributed by atoms with E-state index in [9.17, 15) is 4.79 Å². The molecule has 0 aliphatic heterocycles. The SMILES string of the molecule is CCOc1ccc(NC(=O)C(C)Oc2cc(-c3ccccc3)c3c(C)nn(CC)c3n2)cc1. The molecule has 0 radical (unpaired) electrons. The molecule has 0 bridgehead atoms. The zero-order chi connectivity index (χ0) is 23.4. The number of amides is 1. The van der Waals surface area contributed by atoms with Crippen molar-refractivity contribution in [3.8, 4) is 22.8 Å². The molecular formula is C26H28N4O3. The van der Waals surface area contributed by atoms with Gasteiger partial charge in [0.15, 0.2) is 11.8 Å². The molecule has 1 N–H and O–H groups in total. The van der Waals surface area contributed by atoms with Gasteiger partial charge in [-0.3, -0.25) is 4.79 Å². The molecule has 1 amide bonds. The number of ether oxygens (including phenoxy) is 2. The van der Waals surface area contributed by atoms with E-state index in [1.165, 1.54) is 0 Å². The Kier molecular flexibility index (Phi) is 6.58. The summed E-state index contributed by atoms with van der Waals surface area (Å²) in [5.41, 5.74) is 4.34. The highest BCUT2D eigenvalue weighted by Crippen LogP contribution is 2.33. The molecule has 0 saturated heterocycles. The van der Waals surface area contributed by atoms with Crippen molar-refractivity contribution in [2.75, 3.05) is 11.9 Å². The van der Waals surface area contributed by atoms with Crippen LogP contribution in [0.15, 0.2) is 60.7 Å². The van der Waals surface area contributed by atoms with E-state index >= 15 is 0 Å². The quantitative estimate of drug-likeness (QED) is 0.403. The van der Waals surface area contributed by atoms with Crippen LogP contribution in [0.25, 0.3) is 22.2 Å². The van der Waals surface area contributed by atoms with E-state index in [0.29, 0.717) is 24.7 Å². The highest BCUT2D eigenvalue weighted by atomic mass is 16.5. The van der Waals surface area contributed by atoms with Crippen molar-refractivity contribution in [1.82, 2.24) is 14.8 Å². The Morgan fingerprint density at radius 3 is 2.48 bits per heavy atom. The second-order valence-electron chi connectivity index (χ2n) is 7.68. The number of hydrogen-bond acceptors (Lipinski definition) is 5. The van der Waals surface area contributed by atoms with Crippen molar-refractivity contribution >= 4 is 22.6 Å². The molecule has 0 aliphatic carbocycles. The summed E-state index contributed by atoms with van der Waals surface area (Å²) in [6, 6.07) is 19.2. The van der Waals surface area contributed by atoms with E-state index in [1.54, 1.807) is 19.1 Å². The fraction of sp³-hybridized carbons (Fsp3) is 0.269. The van der Waals surface area contributed by atoms with Crippen molar-refractivity contribution in [3.05, 3.63) is 66.4 Å². The lowest BCUT2D eigenvalue weighted by Crippen LogP contribution is -2.30. The molecule has 1 unspecified atom stereocenters. The number of hydrogen-bond donors (Lipinski definition) is 1. The third-order valence-corrected chi connectivity index (χ3v) is 5.34. The summed E-state index contributed by atoms with van der Waals surface area (Å²) >= 11 is 0. The van der Waals surface area contributed by atoms with Gasteiger partial charge >= 0.3 is 0 Å². The molecule has 0 aliphatic rings. The summed E-state index contributed by atoms with van der Waals surface area (Å²) in [6.45, 7) is 8.92. The van der Waals surface area contributed by atoms with Crippen molar-refractivity contribution < 1.29 is 14.3 Å². The number of fused-ring (bicyclic) bond motifs is 1. The number of carbonyl (C=O) groups excluding carboxylic acids is 1. The van der Waals surface area contributed by atoms with Crippen LogP contribution in [0, 0.1) is 6.92 Å². The molecule has 7 heteroatoms. The van der Waals surface area contributed by atoms with E-state index in [1.807, 2.05) is 74.0 Å². The third-order valence-electron chi connectivity index (χ3n) is 5.34. The van der Waals surface area contributed by atoms with Crippen LogP contribution >= 0.6 is 0 Å². The maximum atomic E-state index is 12.8. The van der Waals surface area contributed by atoms with Crippen LogP contribution in [0.2, 0.25) is 0 Å². The summed E-state index contributed by atoms with van der Waals surface area (Å²) in [4.78, 5) is 17.5. The molecule has 2 aromatic carbocycles.